The Bertz CT molecular complexity index is 358. The first-order valence-electron chi connectivity index (χ1n) is 9.62. The third-order valence-electron chi connectivity index (χ3n) is 5.87. The van der Waals surface area contributed by atoms with Crippen LogP contribution in [-0.4, -0.2) is 74.7 Å². The minimum absolute atomic E-state index is 0. The van der Waals surface area contributed by atoms with Crippen molar-refractivity contribution in [2.24, 2.45) is 11.8 Å². The molecule has 3 fully saturated rings. The second-order valence-electron chi connectivity index (χ2n) is 7.49. The molecule has 5 heteroatoms. The van der Waals surface area contributed by atoms with Crippen LogP contribution in [-0.2, 0) is 9.53 Å². The lowest BCUT2D eigenvalue weighted by Gasteiger charge is -2.34. The lowest BCUT2D eigenvalue weighted by atomic mass is 9.84. The summed E-state index contributed by atoms with van der Waals surface area (Å²) < 4.78 is 5.44. The first kappa shape index (κ1) is 19.7. The highest BCUT2D eigenvalue weighted by molar-refractivity contribution is 5.71. The van der Waals surface area contributed by atoms with Crippen LogP contribution in [0.1, 0.15) is 46.0 Å². The summed E-state index contributed by atoms with van der Waals surface area (Å²) in [6.07, 6.45) is 7.76. The van der Waals surface area contributed by atoms with Gasteiger partial charge in [-0.2, -0.15) is 0 Å². The van der Waals surface area contributed by atoms with Crippen molar-refractivity contribution in [3.05, 3.63) is 0 Å². The van der Waals surface area contributed by atoms with Gasteiger partial charge in [0.1, 0.15) is 6.61 Å². The van der Waals surface area contributed by atoms with Crippen LogP contribution in [0.2, 0.25) is 0 Å². The molecule has 3 aliphatic heterocycles. The van der Waals surface area contributed by atoms with Gasteiger partial charge in [-0.15, -0.1) is 0 Å². The molecular weight excluding hydrogens is 302 g/mol. The van der Waals surface area contributed by atoms with E-state index in [1.165, 1.54) is 64.7 Å². The summed E-state index contributed by atoms with van der Waals surface area (Å²) in [7, 11) is 0. The van der Waals surface area contributed by atoms with Crippen molar-refractivity contribution in [2.75, 3.05) is 59.0 Å². The van der Waals surface area contributed by atoms with Gasteiger partial charge in [0.2, 0.25) is 0 Å². The Labute approximate surface area is 148 Å². The fourth-order valence-electron chi connectivity index (χ4n) is 4.36. The standard InChI is InChI=1S/C18H33N3O2.CH4/c22-18(23-13-12-20-8-2-1-3-9-20)15-21-10-5-16(6-11-21)17-4-7-19-14-17;/h16-17,19H,1-15H2;1H4. The number of piperidine rings is 2. The number of nitrogens with zero attached hydrogens (tertiary/aromatic N) is 2. The Morgan fingerprint density at radius 1 is 0.958 bits per heavy atom. The van der Waals surface area contributed by atoms with Gasteiger partial charge in [0.15, 0.2) is 0 Å². The number of ether oxygens (including phenoxy) is 1. The molecule has 0 bridgehead atoms. The van der Waals surface area contributed by atoms with Crippen molar-refractivity contribution >= 4 is 5.97 Å². The van der Waals surface area contributed by atoms with Gasteiger partial charge in [0.05, 0.1) is 6.54 Å². The van der Waals surface area contributed by atoms with Crippen molar-refractivity contribution in [3.8, 4) is 0 Å². The highest BCUT2D eigenvalue weighted by Gasteiger charge is 2.29. The van der Waals surface area contributed by atoms with E-state index in [9.17, 15) is 4.79 Å². The molecule has 5 nitrogen and oxygen atoms in total. The van der Waals surface area contributed by atoms with E-state index in [0.717, 1.165) is 31.5 Å². The molecule has 3 rings (SSSR count). The normalized spacial score (nSPS) is 26.9. The maximum atomic E-state index is 12.0. The quantitative estimate of drug-likeness (QED) is 0.750. The Balaban J connectivity index is 0.00000208. The van der Waals surface area contributed by atoms with Crippen LogP contribution >= 0.6 is 0 Å². The Morgan fingerprint density at radius 2 is 1.71 bits per heavy atom. The fraction of sp³-hybridized carbons (Fsp3) is 0.947. The molecule has 0 aromatic carbocycles. The number of carbonyl (C=O) groups excluding carboxylic acids is 1. The van der Waals surface area contributed by atoms with Crippen LogP contribution < -0.4 is 5.32 Å². The van der Waals surface area contributed by atoms with E-state index < -0.39 is 0 Å². The van der Waals surface area contributed by atoms with Crippen LogP contribution in [0.5, 0.6) is 0 Å². The second-order valence-corrected chi connectivity index (χ2v) is 7.49. The number of rotatable bonds is 6. The summed E-state index contributed by atoms with van der Waals surface area (Å²) in [6.45, 7) is 8.78. The van der Waals surface area contributed by atoms with E-state index in [1.54, 1.807) is 0 Å². The molecule has 0 spiro atoms. The van der Waals surface area contributed by atoms with E-state index >= 15 is 0 Å². The molecule has 0 aromatic rings. The van der Waals surface area contributed by atoms with Gasteiger partial charge in [-0.05, 0) is 83.2 Å². The number of carbonyl (C=O) groups is 1. The van der Waals surface area contributed by atoms with E-state index in [1.807, 2.05) is 0 Å². The maximum Gasteiger partial charge on any atom is 0.320 e. The highest BCUT2D eigenvalue weighted by atomic mass is 16.5. The van der Waals surface area contributed by atoms with Crippen LogP contribution in [0.4, 0.5) is 0 Å². The molecular formula is C19H37N3O2. The van der Waals surface area contributed by atoms with Gasteiger partial charge in [-0.25, -0.2) is 0 Å². The lowest BCUT2D eigenvalue weighted by molar-refractivity contribution is -0.145. The zero-order valence-corrected chi connectivity index (χ0v) is 14.5. The average Bonchev–Trinajstić information content (AvgIpc) is 3.11. The predicted molar refractivity (Wildman–Crippen MR) is 98.1 cm³/mol. The molecule has 24 heavy (non-hydrogen) atoms. The monoisotopic (exact) mass is 339 g/mol. The molecule has 0 aromatic heterocycles. The summed E-state index contributed by atoms with van der Waals surface area (Å²) in [5.41, 5.74) is 0. The molecule has 0 radical (unpaired) electrons. The van der Waals surface area contributed by atoms with Crippen LogP contribution in [0.15, 0.2) is 0 Å². The maximum absolute atomic E-state index is 12.0. The molecule has 1 unspecified atom stereocenters. The summed E-state index contributed by atoms with van der Waals surface area (Å²) in [5.74, 6) is 1.69. The summed E-state index contributed by atoms with van der Waals surface area (Å²) in [5, 5.41) is 3.47. The smallest absolute Gasteiger partial charge is 0.320 e. The van der Waals surface area contributed by atoms with Crippen molar-refractivity contribution in [1.29, 1.82) is 0 Å². The highest BCUT2D eigenvalue weighted by Crippen LogP contribution is 2.28. The van der Waals surface area contributed by atoms with Crippen molar-refractivity contribution in [2.45, 2.75) is 46.0 Å². The van der Waals surface area contributed by atoms with Gasteiger partial charge < -0.3 is 10.1 Å². The fourth-order valence-corrected chi connectivity index (χ4v) is 4.36. The summed E-state index contributed by atoms with van der Waals surface area (Å²) in [6, 6.07) is 0. The van der Waals surface area contributed by atoms with Gasteiger partial charge in [-0.3, -0.25) is 14.6 Å². The van der Waals surface area contributed by atoms with Crippen LogP contribution in [0, 0.1) is 11.8 Å². The number of likely N-dealkylation sites (tertiary alicyclic amines) is 2. The molecule has 1 atom stereocenters. The Hall–Kier alpha value is -0.650. The summed E-state index contributed by atoms with van der Waals surface area (Å²) >= 11 is 0. The molecule has 0 amide bonds. The number of esters is 1. The van der Waals surface area contributed by atoms with Crippen LogP contribution in [0.3, 0.4) is 0 Å². The lowest BCUT2D eigenvalue weighted by Crippen LogP contribution is -2.40. The van der Waals surface area contributed by atoms with Crippen molar-refractivity contribution in [3.63, 3.8) is 0 Å². The number of nitrogens with one attached hydrogen (secondary N) is 1. The largest absolute Gasteiger partial charge is 0.463 e. The molecule has 140 valence electrons. The van der Waals surface area contributed by atoms with Gasteiger partial charge in [0, 0.05) is 6.54 Å². The Kier molecular flexibility index (Phi) is 8.50. The first-order chi connectivity index (χ1) is 11.3. The minimum atomic E-state index is -0.0389. The third kappa shape index (κ3) is 6.01. The van der Waals surface area contributed by atoms with Crippen LogP contribution in [0.25, 0.3) is 0 Å². The summed E-state index contributed by atoms with van der Waals surface area (Å²) in [4.78, 5) is 16.7. The zero-order chi connectivity index (χ0) is 15.9. The third-order valence-corrected chi connectivity index (χ3v) is 5.87. The number of hydrogen-bond acceptors (Lipinski definition) is 5. The topological polar surface area (TPSA) is 44.8 Å². The molecule has 0 saturated carbocycles. The molecule has 3 heterocycles. The van der Waals surface area contributed by atoms with Gasteiger partial charge in [0.25, 0.3) is 0 Å². The number of hydrogen-bond donors (Lipinski definition) is 1. The Morgan fingerprint density at radius 3 is 2.38 bits per heavy atom. The van der Waals surface area contributed by atoms with E-state index in [0.29, 0.717) is 13.2 Å². The predicted octanol–water partition coefficient (Wildman–Crippen LogP) is 1.97. The van der Waals surface area contributed by atoms with E-state index in [-0.39, 0.29) is 13.4 Å². The van der Waals surface area contributed by atoms with Crippen molar-refractivity contribution < 1.29 is 9.53 Å². The average molecular weight is 340 g/mol. The van der Waals surface area contributed by atoms with Crippen molar-refractivity contribution in [1.82, 2.24) is 15.1 Å². The molecule has 3 aliphatic rings. The molecule has 1 N–H and O–H groups in total. The molecule has 0 aliphatic carbocycles. The van der Waals surface area contributed by atoms with E-state index in [2.05, 4.69) is 15.1 Å². The molecule has 3 saturated heterocycles. The van der Waals surface area contributed by atoms with E-state index in [4.69, 9.17) is 4.74 Å². The first-order valence-corrected chi connectivity index (χ1v) is 9.62. The van der Waals surface area contributed by atoms with Gasteiger partial charge >= 0.3 is 5.97 Å². The SMILES string of the molecule is C.O=C(CN1CCC(C2CCNC2)CC1)OCCN1CCCCC1. The zero-order valence-electron chi connectivity index (χ0n) is 14.5. The minimum Gasteiger partial charge on any atom is -0.463 e. The second kappa shape index (κ2) is 10.4. The van der Waals surface area contributed by atoms with Gasteiger partial charge in [-0.1, -0.05) is 13.8 Å².